The fourth-order valence-electron chi connectivity index (χ4n) is 5.46. The number of quaternary nitrogens is 1. The molecule has 0 atom stereocenters. The Morgan fingerprint density at radius 3 is 2.11 bits per heavy atom. The molecule has 0 spiro atoms. The van der Waals surface area contributed by atoms with Gasteiger partial charge in [-0.1, -0.05) is 5.92 Å². The Labute approximate surface area is 116 Å². The molecule has 4 aliphatic carbocycles. The van der Waals surface area contributed by atoms with E-state index < -0.39 is 0 Å². The minimum Gasteiger partial charge on any atom is -0.370 e. The van der Waals surface area contributed by atoms with E-state index in [2.05, 4.69) is 11.8 Å². The molecule has 104 valence electrons. The van der Waals surface area contributed by atoms with Crippen LogP contribution in [-0.4, -0.2) is 32.8 Å². The highest BCUT2D eigenvalue weighted by atomic mass is 16.5. The van der Waals surface area contributed by atoms with Crippen molar-refractivity contribution in [1.29, 1.82) is 0 Å². The number of morpholine rings is 1. The van der Waals surface area contributed by atoms with Crippen molar-refractivity contribution in [2.24, 2.45) is 23.2 Å². The first kappa shape index (κ1) is 12.2. The molecule has 0 aromatic rings. The average molecular weight is 260 g/mol. The lowest BCUT2D eigenvalue weighted by atomic mass is 9.50. The Bertz CT molecular complexity index is 364. The zero-order valence-corrected chi connectivity index (χ0v) is 11.9. The quantitative estimate of drug-likeness (QED) is 0.698. The molecule has 5 rings (SSSR count). The minimum atomic E-state index is 0.445. The van der Waals surface area contributed by atoms with Crippen LogP contribution in [0, 0.1) is 35.0 Å². The summed E-state index contributed by atoms with van der Waals surface area (Å²) in [6.07, 6.45) is 8.83. The molecule has 2 nitrogen and oxygen atoms in total. The first-order valence-electron chi connectivity index (χ1n) is 8.23. The molecule has 0 aromatic carbocycles. The van der Waals surface area contributed by atoms with Crippen molar-refractivity contribution in [2.45, 2.75) is 38.5 Å². The summed E-state index contributed by atoms with van der Waals surface area (Å²) in [4.78, 5) is 1.63. The van der Waals surface area contributed by atoms with Crippen molar-refractivity contribution >= 4 is 0 Å². The van der Waals surface area contributed by atoms with Crippen LogP contribution in [0.2, 0.25) is 0 Å². The molecule has 4 bridgehead atoms. The molecule has 1 N–H and O–H groups in total. The zero-order chi connectivity index (χ0) is 12.7. The molecule has 0 amide bonds. The third-order valence-electron chi connectivity index (χ3n) is 5.93. The lowest BCUT2D eigenvalue weighted by Crippen LogP contribution is -3.14. The van der Waals surface area contributed by atoms with Crippen molar-refractivity contribution in [3.63, 3.8) is 0 Å². The van der Waals surface area contributed by atoms with Gasteiger partial charge in [0, 0.05) is 5.41 Å². The predicted molar refractivity (Wildman–Crippen MR) is 74.8 cm³/mol. The van der Waals surface area contributed by atoms with Crippen molar-refractivity contribution in [2.75, 3.05) is 32.8 Å². The number of hydrogen-bond donors (Lipinski definition) is 1. The zero-order valence-electron chi connectivity index (χ0n) is 11.9. The minimum absolute atomic E-state index is 0.445. The summed E-state index contributed by atoms with van der Waals surface area (Å²) in [6, 6.07) is 0. The van der Waals surface area contributed by atoms with Gasteiger partial charge in [-0.05, 0) is 62.2 Å². The largest absolute Gasteiger partial charge is 0.370 e. The molecule has 0 radical (unpaired) electrons. The van der Waals surface area contributed by atoms with Crippen LogP contribution in [-0.2, 0) is 4.74 Å². The highest BCUT2D eigenvalue weighted by molar-refractivity contribution is 5.18. The molecule has 2 heteroatoms. The van der Waals surface area contributed by atoms with Gasteiger partial charge in [0.15, 0.2) is 0 Å². The number of ether oxygens (including phenoxy) is 1. The van der Waals surface area contributed by atoms with Gasteiger partial charge in [-0.15, -0.1) is 0 Å². The molecule has 1 heterocycles. The molecule has 1 saturated heterocycles. The van der Waals surface area contributed by atoms with Crippen LogP contribution in [0.3, 0.4) is 0 Å². The third kappa shape index (κ3) is 2.43. The lowest BCUT2D eigenvalue weighted by molar-refractivity contribution is -0.900. The van der Waals surface area contributed by atoms with E-state index in [9.17, 15) is 0 Å². The number of nitrogens with one attached hydrogen (secondary N) is 1. The molecule has 4 saturated carbocycles. The molecule has 19 heavy (non-hydrogen) atoms. The van der Waals surface area contributed by atoms with Gasteiger partial charge in [0.2, 0.25) is 0 Å². The molecule has 5 aliphatic rings. The summed E-state index contributed by atoms with van der Waals surface area (Å²) < 4.78 is 5.41. The predicted octanol–water partition coefficient (Wildman–Crippen LogP) is 1.12. The maximum atomic E-state index is 5.41. The standard InChI is InChI=1S/C17H25NO/c1(3-18-4-6-19-7-5-18)2-17-11-14-8-15(12-17)10-16(9-14)13-17/h14-16H,3-13H2/p+1. The normalized spacial score (nSPS) is 44.9. The summed E-state index contributed by atoms with van der Waals surface area (Å²) in [6.45, 7) is 5.19. The van der Waals surface area contributed by atoms with E-state index in [0.717, 1.165) is 50.6 Å². The summed E-state index contributed by atoms with van der Waals surface area (Å²) >= 11 is 0. The van der Waals surface area contributed by atoms with Gasteiger partial charge in [0.05, 0.1) is 13.2 Å². The van der Waals surface area contributed by atoms with E-state index in [1.807, 2.05) is 0 Å². The molecular weight excluding hydrogens is 234 g/mol. The highest BCUT2D eigenvalue weighted by Crippen LogP contribution is 2.59. The van der Waals surface area contributed by atoms with Gasteiger partial charge in [0.25, 0.3) is 0 Å². The van der Waals surface area contributed by atoms with Gasteiger partial charge in [0.1, 0.15) is 19.6 Å². The van der Waals surface area contributed by atoms with Crippen molar-refractivity contribution < 1.29 is 9.64 Å². The first-order chi connectivity index (χ1) is 9.31. The smallest absolute Gasteiger partial charge is 0.139 e. The Balaban J connectivity index is 1.42. The van der Waals surface area contributed by atoms with Crippen LogP contribution in [0.4, 0.5) is 0 Å². The van der Waals surface area contributed by atoms with E-state index in [4.69, 9.17) is 4.74 Å². The second kappa shape index (κ2) is 4.79. The maximum Gasteiger partial charge on any atom is 0.139 e. The second-order valence-corrected chi connectivity index (χ2v) is 7.54. The van der Waals surface area contributed by atoms with E-state index in [1.54, 1.807) is 4.90 Å². The van der Waals surface area contributed by atoms with E-state index >= 15 is 0 Å². The van der Waals surface area contributed by atoms with Crippen LogP contribution >= 0.6 is 0 Å². The lowest BCUT2D eigenvalue weighted by Gasteiger charge is -2.54. The van der Waals surface area contributed by atoms with E-state index in [0.29, 0.717) is 5.41 Å². The SMILES string of the molecule is C(#CC12CC3CC(CC(C3)C1)C2)C[NH+]1CCOCC1. The van der Waals surface area contributed by atoms with Crippen LogP contribution in [0.25, 0.3) is 0 Å². The maximum absolute atomic E-state index is 5.41. The summed E-state index contributed by atoms with van der Waals surface area (Å²) in [5.41, 5.74) is 0.445. The summed E-state index contributed by atoms with van der Waals surface area (Å²) in [7, 11) is 0. The fourth-order valence-corrected chi connectivity index (χ4v) is 5.46. The summed E-state index contributed by atoms with van der Waals surface area (Å²) in [5.74, 6) is 10.4. The Morgan fingerprint density at radius 2 is 1.53 bits per heavy atom. The second-order valence-electron chi connectivity index (χ2n) is 7.54. The average Bonchev–Trinajstić information content (AvgIpc) is 2.38. The van der Waals surface area contributed by atoms with Crippen LogP contribution in [0.5, 0.6) is 0 Å². The van der Waals surface area contributed by atoms with Crippen LogP contribution < -0.4 is 4.90 Å². The fraction of sp³-hybridized carbons (Fsp3) is 0.882. The Morgan fingerprint density at radius 1 is 0.947 bits per heavy atom. The first-order valence-corrected chi connectivity index (χ1v) is 8.23. The Kier molecular flexibility index (Phi) is 3.09. The van der Waals surface area contributed by atoms with Crippen LogP contribution in [0.15, 0.2) is 0 Å². The monoisotopic (exact) mass is 260 g/mol. The Hall–Kier alpha value is -0.520. The van der Waals surface area contributed by atoms with Crippen molar-refractivity contribution in [1.82, 2.24) is 0 Å². The third-order valence-corrected chi connectivity index (χ3v) is 5.93. The van der Waals surface area contributed by atoms with Gasteiger partial charge >= 0.3 is 0 Å². The van der Waals surface area contributed by atoms with Gasteiger partial charge in [-0.2, -0.15) is 0 Å². The highest BCUT2D eigenvalue weighted by Gasteiger charge is 2.50. The van der Waals surface area contributed by atoms with E-state index in [-0.39, 0.29) is 0 Å². The number of rotatable bonds is 1. The van der Waals surface area contributed by atoms with Crippen molar-refractivity contribution in [3.05, 3.63) is 0 Å². The van der Waals surface area contributed by atoms with Gasteiger partial charge in [-0.25, -0.2) is 0 Å². The van der Waals surface area contributed by atoms with Gasteiger partial charge < -0.3 is 9.64 Å². The molecule has 5 fully saturated rings. The van der Waals surface area contributed by atoms with Crippen molar-refractivity contribution in [3.8, 4) is 11.8 Å². The topological polar surface area (TPSA) is 13.7 Å². The molecule has 0 unspecified atom stereocenters. The number of hydrogen-bond acceptors (Lipinski definition) is 1. The summed E-state index contributed by atoms with van der Waals surface area (Å²) in [5, 5.41) is 0. The molecule has 0 aromatic heterocycles. The van der Waals surface area contributed by atoms with Crippen LogP contribution in [0.1, 0.15) is 38.5 Å². The molecular formula is C17H26NO+. The van der Waals surface area contributed by atoms with Gasteiger partial charge in [-0.3, -0.25) is 0 Å². The van der Waals surface area contributed by atoms with E-state index in [1.165, 1.54) is 38.5 Å². The molecule has 1 aliphatic heterocycles.